The van der Waals surface area contributed by atoms with Crippen molar-refractivity contribution in [2.45, 2.75) is 13.3 Å². The van der Waals surface area contributed by atoms with Gasteiger partial charge in [0.2, 0.25) is 0 Å². The van der Waals surface area contributed by atoms with E-state index in [0.717, 1.165) is 12.0 Å². The topological polar surface area (TPSA) is 72.2 Å². The van der Waals surface area contributed by atoms with Crippen LogP contribution in [0.5, 0.6) is 0 Å². The highest BCUT2D eigenvalue weighted by Crippen LogP contribution is 2.25. The number of nitro groups is 1. The molecule has 1 amide bonds. The molecule has 0 saturated carbocycles. The number of hydrogen-bond donors (Lipinski definition) is 1. The van der Waals surface area contributed by atoms with Gasteiger partial charge in [-0.25, -0.2) is 0 Å². The van der Waals surface area contributed by atoms with E-state index in [9.17, 15) is 14.9 Å². The number of hydrogen-bond acceptors (Lipinski definition) is 3. The zero-order chi connectivity index (χ0) is 15.4. The molecule has 5 nitrogen and oxygen atoms in total. The standard InChI is InChI=1S/C15H13ClN2O3/c1-2-10-4-3-5-12(8-10)17-15(19)11-6-7-13(16)14(9-11)18(20)21/h3-9H,2H2,1H3,(H,17,19). The van der Waals surface area contributed by atoms with Gasteiger partial charge in [0.1, 0.15) is 5.02 Å². The second kappa shape index (κ2) is 6.37. The molecule has 0 atom stereocenters. The molecular weight excluding hydrogens is 292 g/mol. The first-order valence-corrected chi connectivity index (χ1v) is 6.73. The first-order chi connectivity index (χ1) is 10.0. The van der Waals surface area contributed by atoms with Crippen molar-refractivity contribution in [1.82, 2.24) is 0 Å². The van der Waals surface area contributed by atoms with Crippen molar-refractivity contribution in [2.75, 3.05) is 5.32 Å². The maximum absolute atomic E-state index is 12.1. The largest absolute Gasteiger partial charge is 0.322 e. The van der Waals surface area contributed by atoms with Crippen LogP contribution in [0.25, 0.3) is 0 Å². The first kappa shape index (κ1) is 15.0. The summed E-state index contributed by atoms with van der Waals surface area (Å²) in [4.78, 5) is 22.3. The number of carbonyl (C=O) groups is 1. The number of aryl methyl sites for hydroxylation is 1. The Morgan fingerprint density at radius 2 is 2.05 bits per heavy atom. The number of benzene rings is 2. The molecular formula is C15H13ClN2O3. The summed E-state index contributed by atoms with van der Waals surface area (Å²) in [5.74, 6) is -0.414. The highest BCUT2D eigenvalue weighted by atomic mass is 35.5. The number of carbonyl (C=O) groups excluding carboxylic acids is 1. The van der Waals surface area contributed by atoms with Crippen LogP contribution in [0, 0.1) is 10.1 Å². The third kappa shape index (κ3) is 3.58. The van der Waals surface area contributed by atoms with Gasteiger partial charge in [0.25, 0.3) is 11.6 Å². The van der Waals surface area contributed by atoms with Crippen LogP contribution in [0.3, 0.4) is 0 Å². The minimum atomic E-state index is -0.614. The van der Waals surface area contributed by atoms with E-state index in [2.05, 4.69) is 5.32 Å². The van der Waals surface area contributed by atoms with Gasteiger partial charge in [-0.05, 0) is 36.2 Å². The summed E-state index contributed by atoms with van der Waals surface area (Å²) < 4.78 is 0. The minimum Gasteiger partial charge on any atom is -0.322 e. The fourth-order valence-electron chi connectivity index (χ4n) is 1.87. The summed E-state index contributed by atoms with van der Waals surface area (Å²) in [6.07, 6.45) is 0.857. The van der Waals surface area contributed by atoms with Gasteiger partial charge < -0.3 is 5.32 Å². The second-order valence-corrected chi connectivity index (χ2v) is 4.84. The lowest BCUT2D eigenvalue weighted by atomic mass is 10.1. The first-order valence-electron chi connectivity index (χ1n) is 6.35. The van der Waals surface area contributed by atoms with Crippen molar-refractivity contribution in [1.29, 1.82) is 0 Å². The van der Waals surface area contributed by atoms with Crippen molar-refractivity contribution in [2.24, 2.45) is 0 Å². The predicted molar refractivity (Wildman–Crippen MR) is 81.9 cm³/mol. The summed E-state index contributed by atoms with van der Waals surface area (Å²) in [5.41, 5.74) is 1.64. The molecule has 0 bridgehead atoms. The molecule has 1 N–H and O–H groups in total. The molecule has 0 radical (unpaired) electrons. The zero-order valence-electron chi connectivity index (χ0n) is 11.3. The lowest BCUT2D eigenvalue weighted by Crippen LogP contribution is -2.12. The Labute approximate surface area is 126 Å². The smallest absolute Gasteiger partial charge is 0.288 e. The molecule has 0 aliphatic carbocycles. The van der Waals surface area contributed by atoms with E-state index in [0.29, 0.717) is 5.69 Å². The third-order valence-corrected chi connectivity index (χ3v) is 3.32. The van der Waals surface area contributed by atoms with Crippen LogP contribution in [0.1, 0.15) is 22.8 Å². The maximum atomic E-state index is 12.1. The monoisotopic (exact) mass is 304 g/mol. The number of anilines is 1. The van der Waals surface area contributed by atoms with Gasteiger partial charge in [0, 0.05) is 17.3 Å². The third-order valence-electron chi connectivity index (χ3n) is 3.00. The van der Waals surface area contributed by atoms with E-state index in [4.69, 9.17) is 11.6 Å². The molecule has 2 aromatic rings. The Hall–Kier alpha value is -2.40. The fraction of sp³-hybridized carbons (Fsp3) is 0.133. The van der Waals surface area contributed by atoms with Gasteiger partial charge in [-0.2, -0.15) is 0 Å². The average Bonchev–Trinajstić information content (AvgIpc) is 2.47. The van der Waals surface area contributed by atoms with E-state index in [1.807, 2.05) is 25.1 Å². The number of amides is 1. The molecule has 21 heavy (non-hydrogen) atoms. The van der Waals surface area contributed by atoms with Crippen LogP contribution in [-0.4, -0.2) is 10.8 Å². The summed E-state index contributed by atoms with van der Waals surface area (Å²) >= 11 is 5.72. The van der Waals surface area contributed by atoms with Gasteiger partial charge in [-0.3, -0.25) is 14.9 Å². The normalized spacial score (nSPS) is 10.2. The predicted octanol–water partition coefficient (Wildman–Crippen LogP) is 4.06. The van der Waals surface area contributed by atoms with E-state index in [-0.39, 0.29) is 16.3 Å². The summed E-state index contributed by atoms with van der Waals surface area (Å²) in [5, 5.41) is 13.5. The molecule has 0 unspecified atom stereocenters. The van der Waals surface area contributed by atoms with Gasteiger partial charge in [0.05, 0.1) is 4.92 Å². The number of nitrogens with zero attached hydrogens (tertiary/aromatic N) is 1. The van der Waals surface area contributed by atoms with E-state index in [1.54, 1.807) is 6.07 Å². The van der Waals surface area contributed by atoms with Crippen molar-refractivity contribution < 1.29 is 9.72 Å². The lowest BCUT2D eigenvalue weighted by Gasteiger charge is -2.07. The second-order valence-electron chi connectivity index (χ2n) is 4.43. The lowest BCUT2D eigenvalue weighted by molar-refractivity contribution is -0.384. The molecule has 0 aromatic heterocycles. The molecule has 6 heteroatoms. The molecule has 2 aromatic carbocycles. The molecule has 108 valence electrons. The average molecular weight is 305 g/mol. The van der Waals surface area contributed by atoms with E-state index in [1.165, 1.54) is 18.2 Å². The van der Waals surface area contributed by atoms with Crippen molar-refractivity contribution in [3.05, 3.63) is 68.7 Å². The van der Waals surface area contributed by atoms with Crippen LogP contribution < -0.4 is 5.32 Å². The van der Waals surface area contributed by atoms with Gasteiger partial charge in [-0.1, -0.05) is 30.7 Å². The van der Waals surface area contributed by atoms with E-state index < -0.39 is 10.8 Å². The number of halogens is 1. The Morgan fingerprint density at radius 1 is 1.29 bits per heavy atom. The Morgan fingerprint density at radius 3 is 2.71 bits per heavy atom. The molecule has 0 heterocycles. The number of rotatable bonds is 4. The van der Waals surface area contributed by atoms with Gasteiger partial charge >= 0.3 is 0 Å². The van der Waals surface area contributed by atoms with Crippen LogP contribution >= 0.6 is 11.6 Å². The van der Waals surface area contributed by atoms with Crippen LogP contribution in [0.4, 0.5) is 11.4 Å². The number of nitro benzene ring substituents is 1. The molecule has 0 spiro atoms. The van der Waals surface area contributed by atoms with Gasteiger partial charge in [-0.15, -0.1) is 0 Å². The Balaban J connectivity index is 2.24. The molecule has 0 aliphatic heterocycles. The summed E-state index contributed by atoms with van der Waals surface area (Å²) in [6, 6.07) is 11.4. The van der Waals surface area contributed by atoms with Crippen molar-refractivity contribution in [3.63, 3.8) is 0 Å². The highest BCUT2D eigenvalue weighted by molar-refractivity contribution is 6.32. The molecule has 2 rings (SSSR count). The SMILES string of the molecule is CCc1cccc(NC(=O)c2ccc(Cl)c([N+](=O)[O-])c2)c1. The quantitative estimate of drug-likeness (QED) is 0.683. The number of nitrogens with one attached hydrogen (secondary N) is 1. The highest BCUT2D eigenvalue weighted by Gasteiger charge is 2.16. The minimum absolute atomic E-state index is 0.00419. The van der Waals surface area contributed by atoms with Crippen LogP contribution in [0.15, 0.2) is 42.5 Å². The summed E-state index contributed by atoms with van der Waals surface area (Å²) in [7, 11) is 0. The van der Waals surface area contributed by atoms with Crippen molar-refractivity contribution in [3.8, 4) is 0 Å². The molecule has 0 saturated heterocycles. The van der Waals surface area contributed by atoms with Gasteiger partial charge in [0.15, 0.2) is 0 Å². The molecule has 0 aliphatic rings. The van der Waals surface area contributed by atoms with Crippen LogP contribution in [-0.2, 0) is 6.42 Å². The summed E-state index contributed by atoms with van der Waals surface area (Å²) in [6.45, 7) is 2.02. The molecule has 0 fully saturated rings. The maximum Gasteiger partial charge on any atom is 0.288 e. The zero-order valence-corrected chi connectivity index (χ0v) is 12.1. The van der Waals surface area contributed by atoms with Crippen molar-refractivity contribution >= 4 is 28.9 Å². The fourth-order valence-corrected chi connectivity index (χ4v) is 2.05. The van der Waals surface area contributed by atoms with Crippen LogP contribution in [0.2, 0.25) is 5.02 Å². The Kier molecular flexibility index (Phi) is 4.55. The van der Waals surface area contributed by atoms with E-state index >= 15 is 0 Å². The Bertz CT molecular complexity index is 701.